The average Bonchev–Trinajstić information content (AvgIpc) is 2.09. The van der Waals surface area contributed by atoms with E-state index in [-0.39, 0.29) is 6.61 Å². The number of hydrogen-bond acceptors (Lipinski definition) is 3. The maximum Gasteiger partial charge on any atom is 0.0632 e. The Bertz CT molecular complexity index is 238. The van der Waals surface area contributed by atoms with Gasteiger partial charge in [-0.25, -0.2) is 0 Å². The first-order chi connectivity index (χ1) is 5.84. The lowest BCUT2D eigenvalue weighted by Crippen LogP contribution is -1.97. The van der Waals surface area contributed by atoms with E-state index in [2.05, 4.69) is 4.98 Å². The summed E-state index contributed by atoms with van der Waals surface area (Å²) < 4.78 is 0. The van der Waals surface area contributed by atoms with E-state index in [1.54, 1.807) is 6.20 Å². The summed E-state index contributed by atoms with van der Waals surface area (Å²) in [6.45, 7) is 0.243. The molecule has 1 rings (SSSR count). The van der Waals surface area contributed by atoms with Crippen molar-refractivity contribution in [1.29, 1.82) is 0 Å². The van der Waals surface area contributed by atoms with Crippen molar-refractivity contribution in [2.75, 3.05) is 12.3 Å². The van der Waals surface area contributed by atoms with Crippen molar-refractivity contribution in [3.05, 3.63) is 24.0 Å². The van der Waals surface area contributed by atoms with E-state index in [1.807, 2.05) is 12.1 Å². The van der Waals surface area contributed by atoms with Gasteiger partial charge in [0, 0.05) is 12.8 Å². The Morgan fingerprint density at radius 1 is 1.42 bits per heavy atom. The quantitative estimate of drug-likeness (QED) is 0.655. The van der Waals surface area contributed by atoms with Gasteiger partial charge in [0.1, 0.15) is 0 Å². The van der Waals surface area contributed by atoms with Gasteiger partial charge in [0.05, 0.1) is 11.4 Å². The number of nitrogens with zero attached hydrogens (tertiary/aromatic N) is 1. The van der Waals surface area contributed by atoms with Gasteiger partial charge < -0.3 is 10.8 Å². The molecule has 1 aromatic rings. The minimum atomic E-state index is 0.243. The summed E-state index contributed by atoms with van der Waals surface area (Å²) in [5, 5.41) is 8.56. The van der Waals surface area contributed by atoms with Gasteiger partial charge in [-0.15, -0.1) is 0 Å². The molecule has 0 unspecified atom stereocenters. The molecule has 3 N–H and O–H groups in total. The van der Waals surface area contributed by atoms with Crippen LogP contribution in [-0.4, -0.2) is 16.7 Å². The zero-order valence-electron chi connectivity index (χ0n) is 7.03. The van der Waals surface area contributed by atoms with Crippen molar-refractivity contribution in [2.24, 2.45) is 0 Å². The zero-order valence-corrected chi connectivity index (χ0v) is 7.03. The van der Waals surface area contributed by atoms with Gasteiger partial charge in [-0.3, -0.25) is 4.98 Å². The van der Waals surface area contributed by atoms with Crippen molar-refractivity contribution < 1.29 is 5.11 Å². The molecule has 0 saturated heterocycles. The van der Waals surface area contributed by atoms with Gasteiger partial charge in [-0.2, -0.15) is 0 Å². The van der Waals surface area contributed by atoms with E-state index in [9.17, 15) is 0 Å². The smallest absolute Gasteiger partial charge is 0.0632 e. The summed E-state index contributed by atoms with van der Waals surface area (Å²) in [4.78, 5) is 4.14. The second-order valence-electron chi connectivity index (χ2n) is 2.72. The molecule has 1 aromatic heterocycles. The summed E-state index contributed by atoms with van der Waals surface area (Å²) in [5.41, 5.74) is 7.36. The number of aliphatic hydroxyl groups excluding tert-OH is 1. The molecule has 0 amide bonds. The van der Waals surface area contributed by atoms with Crippen molar-refractivity contribution in [3.63, 3.8) is 0 Å². The van der Waals surface area contributed by atoms with Crippen LogP contribution in [0.1, 0.15) is 18.5 Å². The molecule has 0 aliphatic rings. The molecule has 0 bridgehead atoms. The monoisotopic (exact) mass is 166 g/mol. The lowest BCUT2D eigenvalue weighted by molar-refractivity contribution is 0.284. The fourth-order valence-corrected chi connectivity index (χ4v) is 1.06. The number of aryl methyl sites for hydroxylation is 1. The molecular weight excluding hydrogens is 152 g/mol. The standard InChI is InChI=1S/C9H14N2O/c10-8-4-3-6-11-9(8)5-1-2-7-12/h3-4,6,12H,1-2,5,7,10H2. The molecule has 0 radical (unpaired) electrons. The Kier molecular flexibility index (Phi) is 3.54. The van der Waals surface area contributed by atoms with Gasteiger partial charge in [0.25, 0.3) is 0 Å². The fourth-order valence-electron chi connectivity index (χ4n) is 1.06. The largest absolute Gasteiger partial charge is 0.397 e. The third kappa shape index (κ3) is 2.51. The van der Waals surface area contributed by atoms with Crippen molar-refractivity contribution in [2.45, 2.75) is 19.3 Å². The third-order valence-electron chi connectivity index (χ3n) is 1.75. The topological polar surface area (TPSA) is 59.1 Å². The molecule has 12 heavy (non-hydrogen) atoms. The van der Waals surface area contributed by atoms with Gasteiger partial charge in [0.2, 0.25) is 0 Å². The van der Waals surface area contributed by atoms with E-state index in [1.165, 1.54) is 0 Å². The van der Waals surface area contributed by atoms with E-state index in [4.69, 9.17) is 10.8 Å². The number of unbranched alkanes of at least 4 members (excludes halogenated alkanes) is 1. The van der Waals surface area contributed by atoms with Crippen LogP contribution in [0.3, 0.4) is 0 Å². The Morgan fingerprint density at radius 3 is 2.92 bits per heavy atom. The van der Waals surface area contributed by atoms with Crippen LogP contribution in [0.15, 0.2) is 18.3 Å². The summed E-state index contributed by atoms with van der Waals surface area (Å²) in [7, 11) is 0. The first kappa shape index (κ1) is 9.00. The van der Waals surface area contributed by atoms with Crippen molar-refractivity contribution in [1.82, 2.24) is 4.98 Å². The number of rotatable bonds is 4. The zero-order chi connectivity index (χ0) is 8.81. The van der Waals surface area contributed by atoms with E-state index >= 15 is 0 Å². The summed E-state index contributed by atoms with van der Waals surface area (Å²) >= 11 is 0. The maximum absolute atomic E-state index is 8.56. The van der Waals surface area contributed by atoms with Crippen LogP contribution in [0.25, 0.3) is 0 Å². The minimum absolute atomic E-state index is 0.243. The molecule has 0 spiro atoms. The van der Waals surface area contributed by atoms with Crippen LogP contribution >= 0.6 is 0 Å². The number of nitrogens with two attached hydrogens (primary N) is 1. The second kappa shape index (κ2) is 4.72. The Morgan fingerprint density at radius 2 is 2.25 bits per heavy atom. The van der Waals surface area contributed by atoms with Crippen LogP contribution in [0.4, 0.5) is 5.69 Å². The molecule has 0 aliphatic heterocycles. The van der Waals surface area contributed by atoms with E-state index in [0.29, 0.717) is 0 Å². The van der Waals surface area contributed by atoms with Crippen LogP contribution < -0.4 is 5.73 Å². The highest BCUT2D eigenvalue weighted by Crippen LogP contribution is 2.09. The lowest BCUT2D eigenvalue weighted by Gasteiger charge is -2.02. The molecule has 1 heterocycles. The number of aromatic nitrogens is 1. The van der Waals surface area contributed by atoms with Gasteiger partial charge in [0.15, 0.2) is 0 Å². The third-order valence-corrected chi connectivity index (χ3v) is 1.75. The molecular formula is C9H14N2O. The van der Waals surface area contributed by atoms with Crippen LogP contribution in [0.5, 0.6) is 0 Å². The minimum Gasteiger partial charge on any atom is -0.397 e. The molecule has 3 nitrogen and oxygen atoms in total. The second-order valence-corrected chi connectivity index (χ2v) is 2.72. The van der Waals surface area contributed by atoms with Crippen molar-refractivity contribution in [3.8, 4) is 0 Å². The lowest BCUT2D eigenvalue weighted by atomic mass is 10.1. The molecule has 66 valence electrons. The molecule has 0 saturated carbocycles. The van der Waals surface area contributed by atoms with E-state index < -0.39 is 0 Å². The van der Waals surface area contributed by atoms with Crippen molar-refractivity contribution >= 4 is 5.69 Å². The van der Waals surface area contributed by atoms with Crippen LogP contribution in [-0.2, 0) is 6.42 Å². The predicted octanol–water partition coefficient (Wildman–Crippen LogP) is 0.979. The number of pyridine rings is 1. The fraction of sp³-hybridized carbons (Fsp3) is 0.444. The average molecular weight is 166 g/mol. The van der Waals surface area contributed by atoms with Gasteiger partial charge in [-0.1, -0.05) is 0 Å². The van der Waals surface area contributed by atoms with Gasteiger partial charge >= 0.3 is 0 Å². The number of anilines is 1. The Hall–Kier alpha value is -1.09. The Balaban J connectivity index is 2.46. The molecule has 0 atom stereocenters. The molecule has 0 aliphatic carbocycles. The molecule has 3 heteroatoms. The highest BCUT2D eigenvalue weighted by molar-refractivity contribution is 5.41. The number of aliphatic hydroxyl groups is 1. The first-order valence-corrected chi connectivity index (χ1v) is 4.15. The number of nitrogen functional groups attached to an aromatic ring is 1. The first-order valence-electron chi connectivity index (χ1n) is 4.15. The molecule has 0 aromatic carbocycles. The van der Waals surface area contributed by atoms with E-state index in [0.717, 1.165) is 30.6 Å². The summed E-state index contributed by atoms with van der Waals surface area (Å²) in [5.74, 6) is 0. The van der Waals surface area contributed by atoms with Crippen LogP contribution in [0, 0.1) is 0 Å². The highest BCUT2D eigenvalue weighted by Gasteiger charge is 1.97. The normalized spacial score (nSPS) is 10.1. The molecule has 0 fully saturated rings. The SMILES string of the molecule is Nc1cccnc1CCCCO. The maximum atomic E-state index is 8.56. The highest BCUT2D eigenvalue weighted by atomic mass is 16.2. The predicted molar refractivity (Wildman–Crippen MR) is 48.7 cm³/mol. The summed E-state index contributed by atoms with van der Waals surface area (Å²) in [6.07, 6.45) is 4.35. The number of hydrogen-bond donors (Lipinski definition) is 2. The Labute approximate surface area is 72.2 Å². The van der Waals surface area contributed by atoms with Crippen LogP contribution in [0.2, 0.25) is 0 Å². The summed E-state index contributed by atoms with van der Waals surface area (Å²) in [6, 6.07) is 3.67. The van der Waals surface area contributed by atoms with Gasteiger partial charge in [-0.05, 0) is 31.4 Å².